The van der Waals surface area contributed by atoms with Crippen molar-refractivity contribution < 1.29 is 9.72 Å². The van der Waals surface area contributed by atoms with Crippen molar-refractivity contribution in [3.8, 4) is 0 Å². The zero-order valence-electron chi connectivity index (χ0n) is 15.4. The van der Waals surface area contributed by atoms with E-state index in [0.717, 1.165) is 33.3 Å². The lowest BCUT2D eigenvalue weighted by Gasteiger charge is -2.03. The second-order valence-electron chi connectivity index (χ2n) is 6.55. The maximum absolute atomic E-state index is 12.3. The Kier molecular flexibility index (Phi) is 5.03. The lowest BCUT2D eigenvalue weighted by Crippen LogP contribution is -2.20. The molecule has 7 heteroatoms. The Bertz CT molecular complexity index is 1050. The van der Waals surface area contributed by atoms with E-state index >= 15 is 0 Å². The molecular weight excluding hydrogens is 344 g/mol. The highest BCUT2D eigenvalue weighted by Crippen LogP contribution is 2.26. The second-order valence-corrected chi connectivity index (χ2v) is 6.55. The molecule has 3 rings (SSSR count). The number of aryl methyl sites for hydroxylation is 3. The average Bonchev–Trinajstić information content (AvgIpc) is 2.92. The Balaban J connectivity index is 1.70. The summed E-state index contributed by atoms with van der Waals surface area (Å²) in [5, 5.41) is 15.6. The number of non-ortho nitro benzene ring substituents is 1. The molecule has 0 saturated heterocycles. The summed E-state index contributed by atoms with van der Waals surface area (Å²) in [6.45, 7) is 6.04. The summed E-state index contributed by atoms with van der Waals surface area (Å²) in [7, 11) is 0. The second kappa shape index (κ2) is 7.41. The van der Waals surface area contributed by atoms with Crippen LogP contribution in [0.25, 0.3) is 10.9 Å². The fraction of sp³-hybridized carbons (Fsp3) is 0.200. The predicted octanol–water partition coefficient (Wildman–Crippen LogP) is 3.69. The Morgan fingerprint density at radius 2 is 1.93 bits per heavy atom. The topological polar surface area (TPSA) is 100 Å². The van der Waals surface area contributed by atoms with E-state index in [1.54, 1.807) is 12.1 Å². The molecule has 27 heavy (non-hydrogen) atoms. The molecule has 3 aromatic rings. The number of hydrazone groups is 1. The third kappa shape index (κ3) is 4.03. The molecule has 0 unspecified atom stereocenters. The number of nitrogens with zero attached hydrogens (tertiary/aromatic N) is 2. The van der Waals surface area contributed by atoms with Crippen molar-refractivity contribution in [1.82, 2.24) is 10.4 Å². The highest BCUT2D eigenvalue weighted by atomic mass is 16.6. The van der Waals surface area contributed by atoms with Crippen LogP contribution in [0, 0.1) is 30.9 Å². The molecule has 0 fully saturated rings. The number of nitro groups is 1. The van der Waals surface area contributed by atoms with E-state index in [0.29, 0.717) is 5.56 Å². The third-order valence-corrected chi connectivity index (χ3v) is 4.41. The van der Waals surface area contributed by atoms with Crippen LogP contribution >= 0.6 is 0 Å². The SMILES string of the molecule is Cc1cc(C)c2[nH]c(C)c(CC(=O)N/N=C/c3ccc([N+](=O)[O-])cc3)c2c1. The third-order valence-electron chi connectivity index (χ3n) is 4.41. The number of nitro benzene ring substituents is 1. The van der Waals surface area contributed by atoms with Crippen LogP contribution in [-0.4, -0.2) is 22.0 Å². The number of hydrogen-bond donors (Lipinski definition) is 2. The minimum Gasteiger partial charge on any atom is -0.358 e. The van der Waals surface area contributed by atoms with Crippen molar-refractivity contribution in [2.75, 3.05) is 0 Å². The van der Waals surface area contributed by atoms with Crippen molar-refractivity contribution in [3.63, 3.8) is 0 Å². The van der Waals surface area contributed by atoms with Crippen LogP contribution < -0.4 is 5.43 Å². The number of carbonyl (C=O) groups is 1. The molecule has 1 amide bonds. The van der Waals surface area contributed by atoms with Gasteiger partial charge in [-0.05, 0) is 55.7 Å². The van der Waals surface area contributed by atoms with Gasteiger partial charge in [0.05, 0.1) is 17.6 Å². The molecule has 1 aromatic heterocycles. The van der Waals surface area contributed by atoms with Crippen LogP contribution in [0.4, 0.5) is 5.69 Å². The highest BCUT2D eigenvalue weighted by molar-refractivity contribution is 5.92. The molecule has 0 spiro atoms. The lowest BCUT2D eigenvalue weighted by molar-refractivity contribution is -0.384. The number of fused-ring (bicyclic) bond motifs is 1. The van der Waals surface area contributed by atoms with Gasteiger partial charge in [-0.15, -0.1) is 0 Å². The van der Waals surface area contributed by atoms with Gasteiger partial charge < -0.3 is 4.98 Å². The smallest absolute Gasteiger partial charge is 0.269 e. The molecule has 2 aromatic carbocycles. The standard InChI is InChI=1S/C20H20N4O3/c1-12-8-13(2)20-18(9-12)17(14(3)22-20)10-19(25)23-21-11-15-4-6-16(7-5-15)24(26)27/h4-9,11,22H,10H2,1-3H3,(H,23,25)/b21-11+. The van der Waals surface area contributed by atoms with E-state index in [2.05, 4.69) is 27.6 Å². The molecule has 7 nitrogen and oxygen atoms in total. The zero-order chi connectivity index (χ0) is 19.6. The Hall–Kier alpha value is -3.48. The van der Waals surface area contributed by atoms with E-state index in [1.807, 2.05) is 20.8 Å². The number of H-pyrrole nitrogens is 1. The van der Waals surface area contributed by atoms with Crippen LogP contribution in [0.5, 0.6) is 0 Å². The van der Waals surface area contributed by atoms with Gasteiger partial charge in [0.15, 0.2) is 0 Å². The molecule has 0 bridgehead atoms. The molecular formula is C20H20N4O3. The largest absolute Gasteiger partial charge is 0.358 e. The summed E-state index contributed by atoms with van der Waals surface area (Å²) in [6, 6.07) is 10.1. The summed E-state index contributed by atoms with van der Waals surface area (Å²) in [5.41, 5.74) is 8.46. The first-order valence-corrected chi connectivity index (χ1v) is 8.50. The molecule has 0 aliphatic carbocycles. The summed E-state index contributed by atoms with van der Waals surface area (Å²) >= 11 is 0. The Labute approximate surface area is 156 Å². The summed E-state index contributed by atoms with van der Waals surface area (Å²) in [4.78, 5) is 25.8. The average molecular weight is 364 g/mol. The molecule has 0 aliphatic heterocycles. The van der Waals surface area contributed by atoms with Gasteiger partial charge in [-0.3, -0.25) is 14.9 Å². The first-order valence-electron chi connectivity index (χ1n) is 8.50. The molecule has 1 heterocycles. The zero-order valence-corrected chi connectivity index (χ0v) is 15.4. The van der Waals surface area contributed by atoms with Gasteiger partial charge in [0.1, 0.15) is 0 Å². The van der Waals surface area contributed by atoms with Gasteiger partial charge in [0.2, 0.25) is 5.91 Å². The van der Waals surface area contributed by atoms with Crippen LogP contribution in [0.1, 0.15) is 27.9 Å². The summed E-state index contributed by atoms with van der Waals surface area (Å²) in [5.74, 6) is -0.226. The maximum Gasteiger partial charge on any atom is 0.269 e. The Morgan fingerprint density at radius 1 is 1.22 bits per heavy atom. The minimum atomic E-state index is -0.463. The number of aromatic nitrogens is 1. The van der Waals surface area contributed by atoms with Gasteiger partial charge in [-0.2, -0.15) is 5.10 Å². The fourth-order valence-corrected chi connectivity index (χ4v) is 3.13. The van der Waals surface area contributed by atoms with Crippen molar-refractivity contribution in [3.05, 3.63) is 74.5 Å². The molecule has 0 atom stereocenters. The quantitative estimate of drug-likeness (QED) is 0.410. The van der Waals surface area contributed by atoms with Crippen LogP contribution in [0.2, 0.25) is 0 Å². The van der Waals surface area contributed by atoms with Crippen molar-refractivity contribution in [2.45, 2.75) is 27.2 Å². The van der Waals surface area contributed by atoms with Crippen molar-refractivity contribution >= 4 is 28.7 Å². The summed E-state index contributed by atoms with van der Waals surface area (Å²) < 4.78 is 0. The monoisotopic (exact) mass is 364 g/mol. The van der Waals surface area contributed by atoms with E-state index in [4.69, 9.17) is 0 Å². The fourth-order valence-electron chi connectivity index (χ4n) is 3.13. The lowest BCUT2D eigenvalue weighted by atomic mass is 10.0. The first kappa shape index (κ1) is 18.3. The molecule has 2 N–H and O–H groups in total. The number of carbonyl (C=O) groups excluding carboxylic acids is 1. The van der Waals surface area contributed by atoms with Gasteiger partial charge >= 0.3 is 0 Å². The number of nitrogens with one attached hydrogen (secondary N) is 2. The number of hydrogen-bond acceptors (Lipinski definition) is 4. The minimum absolute atomic E-state index is 0.0107. The van der Waals surface area contributed by atoms with Gasteiger partial charge in [-0.1, -0.05) is 11.6 Å². The van der Waals surface area contributed by atoms with Crippen molar-refractivity contribution in [2.24, 2.45) is 5.10 Å². The van der Waals surface area contributed by atoms with Gasteiger partial charge in [0.25, 0.3) is 5.69 Å². The van der Waals surface area contributed by atoms with Gasteiger partial charge in [-0.25, -0.2) is 5.43 Å². The van der Waals surface area contributed by atoms with E-state index in [9.17, 15) is 14.9 Å². The van der Waals surface area contributed by atoms with E-state index in [1.165, 1.54) is 18.3 Å². The van der Waals surface area contributed by atoms with E-state index < -0.39 is 4.92 Å². The Morgan fingerprint density at radius 3 is 2.59 bits per heavy atom. The van der Waals surface area contributed by atoms with Crippen LogP contribution in [0.15, 0.2) is 41.5 Å². The number of rotatable bonds is 5. The van der Waals surface area contributed by atoms with Gasteiger partial charge in [0, 0.05) is 28.7 Å². The number of aromatic amines is 1. The molecule has 0 saturated carbocycles. The maximum atomic E-state index is 12.3. The summed E-state index contributed by atoms with van der Waals surface area (Å²) in [6.07, 6.45) is 1.67. The predicted molar refractivity (Wildman–Crippen MR) is 105 cm³/mol. The van der Waals surface area contributed by atoms with Crippen molar-refractivity contribution in [1.29, 1.82) is 0 Å². The van der Waals surface area contributed by atoms with Crippen LogP contribution in [0.3, 0.4) is 0 Å². The normalized spacial score (nSPS) is 11.2. The van der Waals surface area contributed by atoms with E-state index in [-0.39, 0.29) is 18.0 Å². The van der Waals surface area contributed by atoms with Crippen LogP contribution in [-0.2, 0) is 11.2 Å². The molecule has 138 valence electrons. The number of amides is 1. The molecule has 0 radical (unpaired) electrons. The first-order chi connectivity index (χ1) is 12.8. The number of benzene rings is 2. The molecule has 0 aliphatic rings. The highest BCUT2D eigenvalue weighted by Gasteiger charge is 2.14.